The molecule has 3 nitrogen and oxygen atoms in total. The van der Waals surface area contributed by atoms with Gasteiger partial charge in [0.2, 0.25) is 5.78 Å². The zero-order valence-corrected chi connectivity index (χ0v) is 4.84. The number of carbonyl (C=O) groups is 2. The van der Waals surface area contributed by atoms with Crippen LogP contribution >= 0.6 is 0 Å². The van der Waals surface area contributed by atoms with Crippen LogP contribution in [0.5, 0.6) is 0 Å². The van der Waals surface area contributed by atoms with Crippen LogP contribution in [0.2, 0.25) is 0 Å². The van der Waals surface area contributed by atoms with E-state index >= 15 is 0 Å². The topological polar surface area (TPSA) is 54.4 Å². The minimum absolute atomic E-state index is 0.396. The SMILES string of the molecule is CC([13CH3])C(=O)C(=O)O. The van der Waals surface area contributed by atoms with Gasteiger partial charge in [0.05, 0.1) is 0 Å². The maximum Gasteiger partial charge on any atom is 0.372 e. The molecule has 0 saturated carbocycles. The third-order valence-corrected chi connectivity index (χ3v) is 0.735. The Bertz CT molecular complexity index is 115. The van der Waals surface area contributed by atoms with Crippen molar-refractivity contribution in [1.82, 2.24) is 0 Å². The number of hydrogen-bond acceptors (Lipinski definition) is 2. The highest BCUT2D eigenvalue weighted by Gasteiger charge is 2.14. The van der Waals surface area contributed by atoms with Crippen LogP contribution in [0.3, 0.4) is 0 Å². The van der Waals surface area contributed by atoms with Crippen LogP contribution in [0.15, 0.2) is 0 Å². The molecule has 0 heterocycles. The Morgan fingerprint density at radius 1 is 1.38 bits per heavy atom. The van der Waals surface area contributed by atoms with Crippen molar-refractivity contribution in [2.75, 3.05) is 0 Å². The average Bonchev–Trinajstić information content (AvgIpc) is 1.64. The van der Waals surface area contributed by atoms with Gasteiger partial charge in [0.25, 0.3) is 0 Å². The van der Waals surface area contributed by atoms with Crippen molar-refractivity contribution >= 4 is 11.8 Å². The van der Waals surface area contributed by atoms with E-state index in [4.69, 9.17) is 5.11 Å². The van der Waals surface area contributed by atoms with Gasteiger partial charge >= 0.3 is 5.97 Å². The predicted octanol–water partition coefficient (Wildman–Crippen LogP) is 0.296. The van der Waals surface area contributed by atoms with Crippen LogP contribution < -0.4 is 0 Å². The summed E-state index contributed by atoms with van der Waals surface area (Å²) < 4.78 is 0. The molecule has 1 atom stereocenters. The van der Waals surface area contributed by atoms with Crippen molar-refractivity contribution in [2.45, 2.75) is 13.8 Å². The fourth-order valence-corrected chi connectivity index (χ4v) is 0.247. The molecule has 0 aromatic carbocycles. The van der Waals surface area contributed by atoms with E-state index in [1.165, 1.54) is 0 Å². The van der Waals surface area contributed by atoms with Gasteiger partial charge in [0, 0.05) is 5.92 Å². The summed E-state index contributed by atoms with van der Waals surface area (Å²) >= 11 is 0. The number of Topliss-reactive ketones (excluding diaryl/α,β-unsaturated/α-hetero) is 1. The second kappa shape index (κ2) is 2.45. The van der Waals surface area contributed by atoms with Gasteiger partial charge in [0.15, 0.2) is 0 Å². The first-order chi connectivity index (χ1) is 3.55. The highest BCUT2D eigenvalue weighted by atomic mass is 16.4. The molecule has 0 aromatic heterocycles. The molecule has 1 N–H and O–H groups in total. The number of aliphatic carboxylic acids is 1. The molecule has 0 aliphatic carbocycles. The van der Waals surface area contributed by atoms with E-state index in [2.05, 4.69) is 0 Å². The molecule has 1 unspecified atom stereocenters. The van der Waals surface area contributed by atoms with Crippen molar-refractivity contribution in [3.05, 3.63) is 0 Å². The van der Waals surface area contributed by atoms with Gasteiger partial charge in [-0.2, -0.15) is 0 Å². The first kappa shape index (κ1) is 7.14. The Balaban J connectivity index is 3.84. The molecule has 0 radical (unpaired) electrons. The van der Waals surface area contributed by atoms with Crippen molar-refractivity contribution in [3.63, 3.8) is 0 Å². The van der Waals surface area contributed by atoms with Gasteiger partial charge in [-0.15, -0.1) is 0 Å². The molecule has 3 heteroatoms. The van der Waals surface area contributed by atoms with Crippen LogP contribution in [0, 0.1) is 5.92 Å². The predicted molar refractivity (Wildman–Crippen MR) is 27.5 cm³/mol. The molecule has 0 aromatic rings. The Morgan fingerprint density at radius 3 is 1.75 bits per heavy atom. The van der Waals surface area contributed by atoms with Crippen molar-refractivity contribution in [2.24, 2.45) is 5.92 Å². The molecular formula is C5H8O3. The number of ketones is 1. The Morgan fingerprint density at radius 2 is 1.75 bits per heavy atom. The normalized spacial score (nSPS) is 12.8. The molecule has 0 fully saturated rings. The summed E-state index contributed by atoms with van der Waals surface area (Å²) in [4.78, 5) is 20.0. The molecule has 0 spiro atoms. The van der Waals surface area contributed by atoms with Crippen LogP contribution in [0.1, 0.15) is 13.8 Å². The van der Waals surface area contributed by atoms with E-state index in [0.29, 0.717) is 0 Å². The van der Waals surface area contributed by atoms with E-state index in [9.17, 15) is 9.59 Å². The highest BCUT2D eigenvalue weighted by Crippen LogP contribution is 1.92. The second-order valence-electron chi connectivity index (χ2n) is 1.82. The summed E-state index contributed by atoms with van der Waals surface area (Å²) in [6.07, 6.45) is 0. The minimum Gasteiger partial charge on any atom is -0.475 e. The van der Waals surface area contributed by atoms with Gasteiger partial charge in [0.1, 0.15) is 0 Å². The quantitative estimate of drug-likeness (QED) is 0.418. The molecule has 0 aliphatic rings. The average molecular weight is 117 g/mol. The summed E-state index contributed by atoms with van der Waals surface area (Å²) in [6, 6.07) is 0. The maximum absolute atomic E-state index is 10.2. The molecule has 0 bridgehead atoms. The first-order valence-corrected chi connectivity index (χ1v) is 2.33. The molecule has 0 aliphatic heterocycles. The summed E-state index contributed by atoms with van der Waals surface area (Å²) in [5.41, 5.74) is 0. The number of carbonyl (C=O) groups excluding carboxylic acids is 1. The van der Waals surface area contributed by atoms with E-state index in [1.54, 1.807) is 13.8 Å². The number of carboxylic acid groups (broad SMARTS) is 1. The molecule has 46 valence electrons. The number of rotatable bonds is 2. The molecule has 0 rings (SSSR count). The molecule has 0 saturated heterocycles. The fraction of sp³-hybridized carbons (Fsp3) is 0.600. The summed E-state index contributed by atoms with van der Waals surface area (Å²) in [7, 11) is 0. The van der Waals surface area contributed by atoms with Crippen LogP contribution in [-0.2, 0) is 9.59 Å². The number of hydrogen-bond donors (Lipinski definition) is 1. The highest BCUT2D eigenvalue weighted by molar-refractivity contribution is 6.33. The monoisotopic (exact) mass is 117 g/mol. The minimum atomic E-state index is -1.35. The lowest BCUT2D eigenvalue weighted by Gasteiger charge is -1.93. The molecular weight excluding hydrogens is 109 g/mol. The van der Waals surface area contributed by atoms with Crippen molar-refractivity contribution in [3.8, 4) is 0 Å². The van der Waals surface area contributed by atoms with Crippen LogP contribution in [0.25, 0.3) is 0 Å². The third kappa shape index (κ3) is 1.73. The smallest absolute Gasteiger partial charge is 0.372 e. The van der Waals surface area contributed by atoms with E-state index in [-0.39, 0.29) is 0 Å². The van der Waals surface area contributed by atoms with Gasteiger partial charge in [-0.25, -0.2) is 4.79 Å². The summed E-state index contributed by atoms with van der Waals surface area (Å²) in [6.45, 7) is 3.10. The summed E-state index contributed by atoms with van der Waals surface area (Å²) in [5.74, 6) is -2.47. The van der Waals surface area contributed by atoms with Gasteiger partial charge in [-0.1, -0.05) is 13.8 Å². The largest absolute Gasteiger partial charge is 0.475 e. The van der Waals surface area contributed by atoms with Gasteiger partial charge < -0.3 is 5.11 Å². The molecule has 8 heavy (non-hydrogen) atoms. The van der Waals surface area contributed by atoms with Crippen LogP contribution in [-0.4, -0.2) is 16.9 Å². The van der Waals surface area contributed by atoms with E-state index < -0.39 is 17.7 Å². The standard InChI is InChI=1S/C5H8O3/c1-3(2)4(6)5(7)8/h3H,1-2H3,(H,7,8)/i1+1. The zero-order chi connectivity index (χ0) is 6.73. The van der Waals surface area contributed by atoms with Crippen molar-refractivity contribution < 1.29 is 14.7 Å². The third-order valence-electron chi connectivity index (χ3n) is 0.735. The summed E-state index contributed by atoms with van der Waals surface area (Å²) in [5, 5.41) is 8.00. The number of carboxylic acids is 1. The maximum atomic E-state index is 10.2. The molecule has 0 amide bonds. The Kier molecular flexibility index (Phi) is 2.19. The lowest BCUT2D eigenvalue weighted by Crippen LogP contribution is -2.18. The zero-order valence-electron chi connectivity index (χ0n) is 4.84. The fourth-order valence-electron chi connectivity index (χ4n) is 0.247. The first-order valence-electron chi connectivity index (χ1n) is 2.33. The van der Waals surface area contributed by atoms with Gasteiger partial charge in [-0.05, 0) is 0 Å². The lowest BCUT2D eigenvalue weighted by molar-refractivity contribution is -0.150. The van der Waals surface area contributed by atoms with Gasteiger partial charge in [-0.3, -0.25) is 4.79 Å². The van der Waals surface area contributed by atoms with Crippen LogP contribution in [0.4, 0.5) is 0 Å². The lowest BCUT2D eigenvalue weighted by atomic mass is 10.2. The van der Waals surface area contributed by atoms with Crippen molar-refractivity contribution in [1.29, 1.82) is 0 Å². The Hall–Kier alpha value is -0.860. The Labute approximate surface area is 47.3 Å². The second-order valence-corrected chi connectivity index (χ2v) is 1.82. The van der Waals surface area contributed by atoms with E-state index in [1.807, 2.05) is 0 Å². The van der Waals surface area contributed by atoms with E-state index in [0.717, 1.165) is 0 Å².